The second-order valence-electron chi connectivity index (χ2n) is 6.29. The molecule has 3 rings (SSSR count). The summed E-state index contributed by atoms with van der Waals surface area (Å²) in [6.07, 6.45) is 1.99. The lowest BCUT2D eigenvalue weighted by Crippen LogP contribution is -2.16. The van der Waals surface area contributed by atoms with Crippen molar-refractivity contribution < 1.29 is 24.0 Å². The third kappa shape index (κ3) is 4.91. The van der Waals surface area contributed by atoms with Gasteiger partial charge in [0, 0.05) is 11.4 Å². The van der Waals surface area contributed by atoms with Crippen LogP contribution in [-0.4, -0.2) is 30.2 Å². The molecule has 1 aliphatic carbocycles. The summed E-state index contributed by atoms with van der Waals surface area (Å²) >= 11 is 4.56. The number of nitrogens with zero attached hydrogens (tertiary/aromatic N) is 1. The molecular weight excluding hydrogens is 460 g/mol. The van der Waals surface area contributed by atoms with E-state index in [1.54, 1.807) is 31.2 Å². The van der Waals surface area contributed by atoms with Gasteiger partial charge in [-0.15, -0.1) is 11.3 Å². The van der Waals surface area contributed by atoms with Crippen LogP contribution in [0.25, 0.3) is 0 Å². The fourth-order valence-corrected chi connectivity index (χ4v) is 4.53. The number of esters is 1. The number of ether oxygens (including phenoxy) is 1. The fourth-order valence-electron chi connectivity index (χ4n) is 2.97. The van der Waals surface area contributed by atoms with E-state index in [1.165, 1.54) is 18.3 Å². The number of hydrogen-bond donors (Lipinski definition) is 1. The van der Waals surface area contributed by atoms with E-state index in [0.29, 0.717) is 34.7 Å². The summed E-state index contributed by atoms with van der Waals surface area (Å²) in [6.45, 7) is 3.33. The Labute approximate surface area is 180 Å². The molecule has 152 valence electrons. The summed E-state index contributed by atoms with van der Waals surface area (Å²) in [5, 5.41) is 7.19. The minimum atomic E-state index is -0.568. The Kier molecular flexibility index (Phi) is 6.81. The highest BCUT2D eigenvalue weighted by atomic mass is 79.9. The maximum absolute atomic E-state index is 12.5. The van der Waals surface area contributed by atoms with Crippen LogP contribution in [0.1, 0.15) is 57.8 Å². The van der Waals surface area contributed by atoms with E-state index in [9.17, 15) is 14.4 Å². The van der Waals surface area contributed by atoms with Gasteiger partial charge < -0.3 is 14.9 Å². The van der Waals surface area contributed by atoms with E-state index in [1.807, 2.05) is 0 Å². The number of carbonyl (C=O) groups is 3. The SMILES string of the molecule is CCOC(=O)c1c(NC(C)=O)sc2c1CCC/C2=N\OC(=O)c1ccc(Br)cc1. The third-order valence-corrected chi connectivity index (χ3v) is 5.92. The van der Waals surface area contributed by atoms with Gasteiger partial charge in [-0.2, -0.15) is 0 Å². The molecular formula is C20H19BrN2O5S. The highest BCUT2D eigenvalue weighted by molar-refractivity contribution is 9.10. The van der Waals surface area contributed by atoms with Gasteiger partial charge >= 0.3 is 11.9 Å². The van der Waals surface area contributed by atoms with Gasteiger partial charge in [0.15, 0.2) is 0 Å². The molecule has 29 heavy (non-hydrogen) atoms. The number of thiophene rings is 1. The molecule has 0 unspecified atom stereocenters. The van der Waals surface area contributed by atoms with Crippen LogP contribution in [0.5, 0.6) is 0 Å². The second-order valence-corrected chi connectivity index (χ2v) is 8.23. The number of rotatable bonds is 5. The quantitative estimate of drug-likeness (QED) is 0.386. The summed E-state index contributed by atoms with van der Waals surface area (Å²) in [4.78, 5) is 42.2. The molecule has 9 heteroatoms. The highest BCUT2D eigenvalue weighted by Gasteiger charge is 2.30. The summed E-state index contributed by atoms with van der Waals surface area (Å²) in [7, 11) is 0. The van der Waals surface area contributed by atoms with Crippen LogP contribution >= 0.6 is 27.3 Å². The Morgan fingerprint density at radius 1 is 1.17 bits per heavy atom. The molecule has 7 nitrogen and oxygen atoms in total. The van der Waals surface area contributed by atoms with Crippen molar-refractivity contribution >= 4 is 55.8 Å². The first-order valence-electron chi connectivity index (χ1n) is 9.05. The van der Waals surface area contributed by atoms with Gasteiger partial charge in [-0.25, -0.2) is 9.59 Å². The van der Waals surface area contributed by atoms with Crippen molar-refractivity contribution in [3.05, 3.63) is 50.3 Å². The number of hydrogen-bond acceptors (Lipinski definition) is 7. The van der Waals surface area contributed by atoms with Gasteiger partial charge in [0.25, 0.3) is 0 Å². The van der Waals surface area contributed by atoms with Gasteiger partial charge in [-0.05, 0) is 56.0 Å². The Bertz CT molecular complexity index is 982. The molecule has 0 radical (unpaired) electrons. The smallest absolute Gasteiger partial charge is 0.365 e. The predicted molar refractivity (Wildman–Crippen MR) is 114 cm³/mol. The molecule has 0 fully saturated rings. The zero-order valence-corrected chi connectivity index (χ0v) is 18.3. The Hall–Kier alpha value is -2.52. The normalized spacial score (nSPS) is 14.2. The fraction of sp³-hybridized carbons (Fsp3) is 0.300. The van der Waals surface area contributed by atoms with Gasteiger partial charge in [-0.1, -0.05) is 21.1 Å². The van der Waals surface area contributed by atoms with Crippen molar-refractivity contribution in [2.45, 2.75) is 33.1 Å². The monoisotopic (exact) mass is 478 g/mol. The second kappa shape index (κ2) is 9.32. The van der Waals surface area contributed by atoms with E-state index in [4.69, 9.17) is 9.57 Å². The summed E-state index contributed by atoms with van der Waals surface area (Å²) in [5.41, 5.74) is 2.07. The molecule has 0 bridgehead atoms. The molecule has 1 aliphatic rings. The van der Waals surface area contributed by atoms with E-state index < -0.39 is 11.9 Å². The van der Waals surface area contributed by atoms with Crippen LogP contribution < -0.4 is 5.32 Å². The van der Waals surface area contributed by atoms with Crippen LogP contribution in [-0.2, 0) is 20.8 Å². The molecule has 0 spiro atoms. The molecule has 1 heterocycles. The van der Waals surface area contributed by atoms with E-state index >= 15 is 0 Å². The van der Waals surface area contributed by atoms with Crippen molar-refractivity contribution in [1.82, 2.24) is 0 Å². The number of nitrogens with one attached hydrogen (secondary N) is 1. The van der Waals surface area contributed by atoms with Crippen LogP contribution in [0.2, 0.25) is 0 Å². The van der Waals surface area contributed by atoms with Crippen LogP contribution in [0.4, 0.5) is 5.00 Å². The Morgan fingerprint density at radius 3 is 2.55 bits per heavy atom. The first-order chi connectivity index (χ1) is 13.9. The van der Waals surface area contributed by atoms with Crippen molar-refractivity contribution in [3.63, 3.8) is 0 Å². The molecule has 1 N–H and O–H groups in total. The molecule has 2 aromatic rings. The number of halogens is 1. The molecule has 0 aliphatic heterocycles. The lowest BCUT2D eigenvalue weighted by Gasteiger charge is -2.14. The van der Waals surface area contributed by atoms with Gasteiger partial charge in [-0.3, -0.25) is 4.79 Å². The molecule has 1 aromatic carbocycles. The van der Waals surface area contributed by atoms with Gasteiger partial charge in [0.2, 0.25) is 5.91 Å². The van der Waals surface area contributed by atoms with Crippen molar-refractivity contribution in [2.75, 3.05) is 11.9 Å². The van der Waals surface area contributed by atoms with Gasteiger partial charge in [0.05, 0.1) is 28.3 Å². The maximum Gasteiger partial charge on any atom is 0.365 e. The average Bonchev–Trinajstić information content (AvgIpc) is 3.04. The third-order valence-electron chi connectivity index (χ3n) is 4.20. The summed E-state index contributed by atoms with van der Waals surface area (Å²) in [5.74, 6) is -1.34. The predicted octanol–water partition coefficient (Wildman–Crippen LogP) is 4.54. The average molecular weight is 479 g/mol. The van der Waals surface area contributed by atoms with Gasteiger partial charge in [0.1, 0.15) is 5.00 Å². The van der Waals surface area contributed by atoms with Crippen molar-refractivity contribution in [3.8, 4) is 0 Å². The van der Waals surface area contributed by atoms with Crippen LogP contribution in [0.15, 0.2) is 33.9 Å². The standard InChI is InChI=1S/C20H19BrN2O5S/c1-3-27-20(26)16-14-5-4-6-15(17(14)29-18(16)22-11(2)24)23-28-19(25)12-7-9-13(21)10-8-12/h7-10H,3-6H2,1-2H3,(H,22,24)/b23-15+. The van der Waals surface area contributed by atoms with E-state index in [2.05, 4.69) is 26.4 Å². The minimum absolute atomic E-state index is 0.231. The number of fused-ring (bicyclic) bond motifs is 1. The Morgan fingerprint density at radius 2 is 1.90 bits per heavy atom. The van der Waals surface area contributed by atoms with Crippen LogP contribution in [0.3, 0.4) is 0 Å². The topological polar surface area (TPSA) is 94.1 Å². The van der Waals surface area contributed by atoms with E-state index in [0.717, 1.165) is 21.3 Å². The molecule has 1 aromatic heterocycles. The number of benzene rings is 1. The maximum atomic E-state index is 12.5. The summed E-state index contributed by atoms with van der Waals surface area (Å²) < 4.78 is 6.02. The molecule has 1 amide bonds. The highest BCUT2D eigenvalue weighted by Crippen LogP contribution is 2.39. The largest absolute Gasteiger partial charge is 0.462 e. The minimum Gasteiger partial charge on any atom is -0.462 e. The van der Waals surface area contributed by atoms with Crippen molar-refractivity contribution in [1.29, 1.82) is 0 Å². The molecule has 0 saturated heterocycles. The van der Waals surface area contributed by atoms with E-state index in [-0.39, 0.29) is 12.5 Å². The zero-order valence-electron chi connectivity index (χ0n) is 15.9. The summed E-state index contributed by atoms with van der Waals surface area (Å²) in [6, 6.07) is 6.76. The zero-order chi connectivity index (χ0) is 21.0. The first kappa shape index (κ1) is 21.2. The lowest BCUT2D eigenvalue weighted by atomic mass is 9.94. The number of oxime groups is 1. The Balaban J connectivity index is 1.91. The van der Waals surface area contributed by atoms with Crippen LogP contribution in [0, 0.1) is 0 Å². The molecule has 0 atom stereocenters. The number of carbonyl (C=O) groups excluding carboxylic acids is 3. The number of amides is 1. The number of anilines is 1. The first-order valence-corrected chi connectivity index (χ1v) is 10.7. The van der Waals surface area contributed by atoms with Crippen molar-refractivity contribution in [2.24, 2.45) is 5.16 Å². The lowest BCUT2D eigenvalue weighted by molar-refractivity contribution is -0.114. The molecule has 0 saturated carbocycles.